The first kappa shape index (κ1) is 19.4. The molecule has 3 aromatic rings. The molecular weight excluding hydrogens is 415 g/mol. The van der Waals surface area contributed by atoms with Gasteiger partial charge in [0.1, 0.15) is 0 Å². The number of hydrogen-bond acceptors (Lipinski definition) is 5. The normalized spacial score (nSPS) is 13.2. The molecule has 0 spiro atoms. The molecule has 0 saturated heterocycles. The number of nitrogens with one attached hydrogen (secondary N) is 1. The van der Waals surface area contributed by atoms with Crippen LogP contribution in [-0.2, 0) is 16.4 Å². The van der Waals surface area contributed by atoms with Gasteiger partial charge < -0.3 is 9.64 Å². The van der Waals surface area contributed by atoms with Gasteiger partial charge in [-0.25, -0.2) is 12.8 Å². The smallest absolute Gasteiger partial charge is 0.268 e. The number of anilines is 2. The number of sulfonamides is 1. The highest BCUT2D eigenvalue weighted by molar-refractivity contribution is 7.92. The van der Waals surface area contributed by atoms with Gasteiger partial charge in [0, 0.05) is 17.9 Å². The van der Waals surface area contributed by atoms with Crippen LogP contribution in [0.1, 0.15) is 15.2 Å². The number of amides is 1. The second-order valence-corrected chi connectivity index (χ2v) is 9.06. The standard InChI is InChI=1S/C20H17FN2O4S2/c1-27-18-7-5-15(12-16(18)21)29(25,26)22-14-4-6-17-13(11-14)8-9-23(17)20(24)19-3-2-10-28-19/h2-7,10-12,22H,8-9H2,1H3. The monoisotopic (exact) mass is 432 g/mol. The molecule has 1 aromatic heterocycles. The maximum Gasteiger partial charge on any atom is 0.268 e. The molecule has 0 atom stereocenters. The van der Waals surface area contributed by atoms with Crippen molar-refractivity contribution in [2.45, 2.75) is 11.3 Å². The van der Waals surface area contributed by atoms with Crippen molar-refractivity contribution >= 4 is 38.6 Å². The van der Waals surface area contributed by atoms with E-state index in [9.17, 15) is 17.6 Å². The van der Waals surface area contributed by atoms with Crippen LogP contribution in [0.3, 0.4) is 0 Å². The summed E-state index contributed by atoms with van der Waals surface area (Å²) in [6.07, 6.45) is 0.624. The summed E-state index contributed by atoms with van der Waals surface area (Å²) < 4.78 is 46.4. The van der Waals surface area contributed by atoms with E-state index < -0.39 is 15.8 Å². The van der Waals surface area contributed by atoms with Gasteiger partial charge in [0.2, 0.25) is 0 Å². The lowest BCUT2D eigenvalue weighted by Gasteiger charge is -2.17. The van der Waals surface area contributed by atoms with Crippen molar-refractivity contribution in [3.05, 3.63) is 70.2 Å². The predicted octanol–water partition coefficient (Wildman–Crippen LogP) is 3.90. The molecule has 4 rings (SSSR count). The number of nitrogens with zero attached hydrogens (tertiary/aromatic N) is 1. The third-order valence-corrected chi connectivity index (χ3v) is 6.87. The molecule has 9 heteroatoms. The van der Waals surface area contributed by atoms with E-state index in [0.717, 1.165) is 17.3 Å². The van der Waals surface area contributed by atoms with Crippen molar-refractivity contribution in [3.63, 3.8) is 0 Å². The summed E-state index contributed by atoms with van der Waals surface area (Å²) in [4.78, 5) is 14.8. The van der Waals surface area contributed by atoms with Gasteiger partial charge in [-0.1, -0.05) is 6.07 Å². The number of hydrogen-bond donors (Lipinski definition) is 1. The predicted molar refractivity (Wildman–Crippen MR) is 110 cm³/mol. The molecule has 0 saturated carbocycles. The van der Waals surface area contributed by atoms with Crippen molar-refractivity contribution < 1.29 is 22.3 Å². The lowest BCUT2D eigenvalue weighted by molar-refractivity contribution is 0.0993. The van der Waals surface area contributed by atoms with Crippen LogP contribution in [0.4, 0.5) is 15.8 Å². The summed E-state index contributed by atoms with van der Waals surface area (Å²) in [5, 5.41) is 1.85. The number of benzene rings is 2. The first-order valence-electron chi connectivity index (χ1n) is 8.74. The number of ether oxygens (including phenoxy) is 1. The minimum Gasteiger partial charge on any atom is -0.494 e. The molecule has 0 radical (unpaired) electrons. The molecule has 0 aliphatic carbocycles. The fourth-order valence-electron chi connectivity index (χ4n) is 3.24. The second-order valence-electron chi connectivity index (χ2n) is 6.43. The zero-order valence-corrected chi connectivity index (χ0v) is 17.0. The summed E-state index contributed by atoms with van der Waals surface area (Å²) in [5.74, 6) is -0.857. The lowest BCUT2D eigenvalue weighted by Crippen LogP contribution is -2.28. The van der Waals surface area contributed by atoms with Crippen molar-refractivity contribution in [2.75, 3.05) is 23.3 Å². The first-order valence-corrected chi connectivity index (χ1v) is 11.1. The van der Waals surface area contributed by atoms with Crippen molar-refractivity contribution in [1.29, 1.82) is 0 Å². The van der Waals surface area contributed by atoms with Crippen LogP contribution in [0.15, 0.2) is 58.8 Å². The maximum absolute atomic E-state index is 13.9. The van der Waals surface area contributed by atoms with E-state index in [1.54, 1.807) is 29.2 Å². The van der Waals surface area contributed by atoms with Crippen LogP contribution >= 0.6 is 11.3 Å². The van der Waals surface area contributed by atoms with Gasteiger partial charge in [0.05, 0.1) is 16.9 Å². The molecule has 6 nitrogen and oxygen atoms in total. The molecule has 150 valence electrons. The number of halogens is 1. The van der Waals surface area contributed by atoms with Crippen LogP contribution in [-0.4, -0.2) is 28.0 Å². The molecule has 0 unspecified atom stereocenters. The van der Waals surface area contributed by atoms with Gasteiger partial charge in [-0.3, -0.25) is 9.52 Å². The first-order chi connectivity index (χ1) is 13.9. The highest BCUT2D eigenvalue weighted by Gasteiger charge is 2.27. The fraction of sp³-hybridized carbons (Fsp3) is 0.150. The van der Waals surface area contributed by atoms with E-state index in [4.69, 9.17) is 4.74 Å². The Morgan fingerprint density at radius 1 is 1.21 bits per heavy atom. The molecule has 0 bridgehead atoms. The molecule has 2 heterocycles. The Bertz CT molecular complexity index is 1180. The molecule has 1 amide bonds. The van der Waals surface area contributed by atoms with Crippen LogP contribution in [0.2, 0.25) is 0 Å². The zero-order chi connectivity index (χ0) is 20.6. The molecule has 1 aliphatic heterocycles. The van der Waals surface area contributed by atoms with Gasteiger partial charge in [-0.05, 0) is 59.8 Å². The SMILES string of the molecule is COc1ccc(S(=O)(=O)Nc2ccc3c(c2)CCN3C(=O)c2cccs2)cc1F. The van der Waals surface area contributed by atoms with E-state index in [1.165, 1.54) is 30.6 Å². The molecule has 29 heavy (non-hydrogen) atoms. The number of carbonyl (C=O) groups excluding carboxylic acids is 1. The Labute approximate surface area is 171 Å². The minimum atomic E-state index is -3.97. The average Bonchev–Trinajstić information content (AvgIpc) is 3.37. The van der Waals surface area contributed by atoms with E-state index in [1.807, 2.05) is 11.4 Å². The van der Waals surface area contributed by atoms with E-state index in [2.05, 4.69) is 4.72 Å². The highest BCUT2D eigenvalue weighted by atomic mass is 32.2. The molecule has 1 N–H and O–H groups in total. The van der Waals surface area contributed by atoms with Gasteiger partial charge in [0.25, 0.3) is 15.9 Å². The quantitative estimate of drug-likeness (QED) is 0.664. The number of fused-ring (bicyclic) bond motifs is 1. The average molecular weight is 432 g/mol. The molecule has 1 aliphatic rings. The van der Waals surface area contributed by atoms with E-state index in [-0.39, 0.29) is 16.6 Å². The lowest BCUT2D eigenvalue weighted by atomic mass is 10.1. The van der Waals surface area contributed by atoms with E-state index in [0.29, 0.717) is 23.5 Å². The summed E-state index contributed by atoms with van der Waals surface area (Å²) in [7, 11) is -2.66. The van der Waals surface area contributed by atoms with Crippen LogP contribution in [0, 0.1) is 5.82 Å². The Morgan fingerprint density at radius 3 is 2.72 bits per heavy atom. The van der Waals surface area contributed by atoms with Gasteiger partial charge in [0.15, 0.2) is 11.6 Å². The van der Waals surface area contributed by atoms with Crippen LogP contribution < -0.4 is 14.4 Å². The number of methoxy groups -OCH3 is 1. The summed E-state index contributed by atoms with van der Waals surface area (Å²) in [5.41, 5.74) is 1.99. The zero-order valence-electron chi connectivity index (χ0n) is 15.4. The molecular formula is C20H17FN2O4S2. The van der Waals surface area contributed by atoms with Crippen molar-refractivity contribution in [2.24, 2.45) is 0 Å². The van der Waals surface area contributed by atoms with Crippen molar-refractivity contribution in [3.8, 4) is 5.75 Å². The summed E-state index contributed by atoms with van der Waals surface area (Å²) >= 11 is 1.38. The van der Waals surface area contributed by atoms with Crippen LogP contribution in [0.5, 0.6) is 5.75 Å². The largest absolute Gasteiger partial charge is 0.494 e. The van der Waals surface area contributed by atoms with Gasteiger partial charge >= 0.3 is 0 Å². The number of carbonyl (C=O) groups is 1. The third-order valence-electron chi connectivity index (χ3n) is 4.64. The Morgan fingerprint density at radius 2 is 2.03 bits per heavy atom. The highest BCUT2D eigenvalue weighted by Crippen LogP contribution is 2.33. The Hall–Kier alpha value is -2.91. The third kappa shape index (κ3) is 3.70. The maximum atomic E-state index is 13.9. The van der Waals surface area contributed by atoms with Gasteiger partial charge in [-0.15, -0.1) is 11.3 Å². The Kier molecular flexibility index (Phi) is 5.01. The van der Waals surface area contributed by atoms with Crippen molar-refractivity contribution in [1.82, 2.24) is 0 Å². The molecule has 2 aromatic carbocycles. The summed E-state index contributed by atoms with van der Waals surface area (Å²) in [6, 6.07) is 12.1. The second kappa shape index (κ2) is 7.49. The van der Waals surface area contributed by atoms with Crippen LogP contribution in [0.25, 0.3) is 0 Å². The Balaban J connectivity index is 1.57. The fourth-order valence-corrected chi connectivity index (χ4v) is 4.97. The van der Waals surface area contributed by atoms with Gasteiger partial charge in [-0.2, -0.15) is 0 Å². The van der Waals surface area contributed by atoms with E-state index >= 15 is 0 Å². The topological polar surface area (TPSA) is 75.7 Å². The number of rotatable bonds is 5. The number of thiophene rings is 1. The minimum absolute atomic E-state index is 0.0306. The molecule has 0 fully saturated rings. The summed E-state index contributed by atoms with van der Waals surface area (Å²) in [6.45, 7) is 0.534.